The third-order valence-electron chi connectivity index (χ3n) is 4.14. The minimum atomic E-state index is 0.233. The maximum Gasteiger partial charge on any atom is 0.157 e. The van der Waals surface area contributed by atoms with Crippen LogP contribution in [0.25, 0.3) is 0 Å². The molecule has 2 rings (SSSR count). The summed E-state index contributed by atoms with van der Waals surface area (Å²) in [6, 6.07) is 0.355. The third kappa shape index (κ3) is 1.44. The van der Waals surface area contributed by atoms with Crippen LogP contribution in [0.4, 0.5) is 11.5 Å². The van der Waals surface area contributed by atoms with Crippen molar-refractivity contribution in [2.24, 2.45) is 10.8 Å². The molecule has 0 atom stereocenters. The van der Waals surface area contributed by atoms with E-state index < -0.39 is 0 Å². The van der Waals surface area contributed by atoms with Crippen LogP contribution in [0.15, 0.2) is 6.33 Å². The Hall–Kier alpha value is -1.03. The molecule has 1 fully saturated rings. The molecule has 1 aliphatic rings. The van der Waals surface area contributed by atoms with Crippen LogP contribution >= 0.6 is 11.6 Å². The molecule has 0 radical (unpaired) electrons. The van der Waals surface area contributed by atoms with Crippen LogP contribution in [0.2, 0.25) is 5.15 Å². The maximum atomic E-state index is 5.84. The highest BCUT2D eigenvalue weighted by Gasteiger charge is 2.65. The van der Waals surface area contributed by atoms with Gasteiger partial charge >= 0.3 is 0 Å². The van der Waals surface area contributed by atoms with Gasteiger partial charge in [0.15, 0.2) is 11.0 Å². The number of hydrogen-bond donors (Lipinski definition) is 2. The minimum absolute atomic E-state index is 0.233. The van der Waals surface area contributed by atoms with Crippen molar-refractivity contribution < 1.29 is 0 Å². The van der Waals surface area contributed by atoms with Gasteiger partial charge in [0.05, 0.1) is 0 Å². The molecule has 1 aromatic rings. The van der Waals surface area contributed by atoms with Crippen LogP contribution < -0.4 is 11.1 Å². The number of nitrogens with zero attached hydrogens (tertiary/aromatic N) is 2. The van der Waals surface area contributed by atoms with Gasteiger partial charge in [-0.15, -0.1) is 0 Å². The van der Waals surface area contributed by atoms with Gasteiger partial charge in [0.25, 0.3) is 0 Å². The molecule has 0 aliphatic heterocycles. The second-order valence-corrected chi connectivity index (χ2v) is 5.81. The van der Waals surface area contributed by atoms with E-state index in [-0.39, 0.29) is 10.8 Å². The van der Waals surface area contributed by atoms with Crippen molar-refractivity contribution in [1.82, 2.24) is 9.97 Å². The fourth-order valence-electron chi connectivity index (χ4n) is 2.18. The zero-order valence-corrected chi connectivity index (χ0v) is 10.8. The molecule has 16 heavy (non-hydrogen) atoms. The maximum absolute atomic E-state index is 5.84. The van der Waals surface area contributed by atoms with Gasteiger partial charge in [-0.05, 0) is 10.8 Å². The number of nitrogens with one attached hydrogen (secondary N) is 1. The molecule has 0 amide bonds. The Morgan fingerprint density at radius 3 is 2.31 bits per heavy atom. The summed E-state index contributed by atoms with van der Waals surface area (Å²) < 4.78 is 0. The third-order valence-corrected chi connectivity index (χ3v) is 4.44. The van der Waals surface area contributed by atoms with Crippen molar-refractivity contribution in [3.05, 3.63) is 11.5 Å². The second kappa shape index (κ2) is 3.23. The Bertz CT molecular complexity index is 414. The van der Waals surface area contributed by atoms with Crippen LogP contribution in [0, 0.1) is 10.8 Å². The van der Waals surface area contributed by atoms with Crippen molar-refractivity contribution in [3.63, 3.8) is 0 Å². The predicted molar refractivity (Wildman–Crippen MR) is 66.4 cm³/mol. The van der Waals surface area contributed by atoms with Crippen LogP contribution in [0.3, 0.4) is 0 Å². The summed E-state index contributed by atoms with van der Waals surface area (Å²) in [6.45, 7) is 8.90. The Kier molecular flexibility index (Phi) is 2.31. The highest BCUT2D eigenvalue weighted by Crippen LogP contribution is 2.63. The van der Waals surface area contributed by atoms with Gasteiger partial charge in [0.1, 0.15) is 12.0 Å². The fraction of sp³-hybridized carbons (Fsp3) is 0.636. The monoisotopic (exact) mass is 240 g/mol. The summed E-state index contributed by atoms with van der Waals surface area (Å²) in [7, 11) is 0. The van der Waals surface area contributed by atoms with Crippen molar-refractivity contribution in [2.75, 3.05) is 11.1 Å². The molecule has 1 heterocycles. The highest BCUT2D eigenvalue weighted by atomic mass is 35.5. The first-order valence-electron chi connectivity index (χ1n) is 5.31. The lowest BCUT2D eigenvalue weighted by atomic mass is 10.0. The topological polar surface area (TPSA) is 63.8 Å². The summed E-state index contributed by atoms with van der Waals surface area (Å²) in [5.74, 6) is 0.628. The highest BCUT2D eigenvalue weighted by molar-refractivity contribution is 6.32. The first-order chi connectivity index (χ1) is 7.28. The van der Waals surface area contributed by atoms with E-state index in [2.05, 4.69) is 43.0 Å². The van der Waals surface area contributed by atoms with Gasteiger partial charge in [-0.25, -0.2) is 9.97 Å². The van der Waals surface area contributed by atoms with Crippen molar-refractivity contribution in [2.45, 2.75) is 33.7 Å². The number of rotatable bonds is 2. The molecule has 1 aromatic heterocycles. The molecule has 5 heteroatoms. The molecule has 1 saturated carbocycles. The lowest BCUT2D eigenvalue weighted by Crippen LogP contribution is -2.13. The molecule has 0 bridgehead atoms. The molecule has 0 unspecified atom stereocenters. The zero-order chi connectivity index (χ0) is 12.1. The van der Waals surface area contributed by atoms with Crippen LogP contribution in [0.1, 0.15) is 27.7 Å². The molecule has 0 saturated heterocycles. The first kappa shape index (κ1) is 11.5. The predicted octanol–water partition coefficient (Wildman–Crippen LogP) is 2.56. The quantitative estimate of drug-likeness (QED) is 0.780. The summed E-state index contributed by atoms with van der Waals surface area (Å²) in [5.41, 5.74) is 6.70. The smallest absolute Gasteiger partial charge is 0.157 e. The van der Waals surface area contributed by atoms with Crippen molar-refractivity contribution in [1.29, 1.82) is 0 Å². The molecule has 1 aliphatic carbocycles. The number of aromatic nitrogens is 2. The van der Waals surface area contributed by atoms with E-state index >= 15 is 0 Å². The van der Waals surface area contributed by atoms with E-state index in [4.69, 9.17) is 17.3 Å². The van der Waals surface area contributed by atoms with Gasteiger partial charge in [0.2, 0.25) is 0 Å². The Labute approximate surface area is 101 Å². The van der Waals surface area contributed by atoms with Gasteiger partial charge < -0.3 is 11.1 Å². The molecular formula is C11H17ClN4. The lowest BCUT2D eigenvalue weighted by Gasteiger charge is -2.09. The van der Waals surface area contributed by atoms with Crippen LogP contribution in [0.5, 0.6) is 0 Å². The summed E-state index contributed by atoms with van der Waals surface area (Å²) in [6.07, 6.45) is 1.42. The zero-order valence-electron chi connectivity index (χ0n) is 10.0. The Morgan fingerprint density at radius 1 is 1.25 bits per heavy atom. The van der Waals surface area contributed by atoms with Gasteiger partial charge in [0, 0.05) is 6.04 Å². The largest absolute Gasteiger partial charge is 0.393 e. The minimum Gasteiger partial charge on any atom is -0.393 e. The molecule has 0 aromatic carbocycles. The van der Waals surface area contributed by atoms with E-state index in [0.717, 1.165) is 0 Å². The number of nitrogens with two attached hydrogens (primary N) is 1. The van der Waals surface area contributed by atoms with Crippen LogP contribution in [-0.4, -0.2) is 16.0 Å². The second-order valence-electron chi connectivity index (χ2n) is 5.45. The van der Waals surface area contributed by atoms with Gasteiger partial charge in [-0.3, -0.25) is 0 Å². The summed E-state index contributed by atoms with van der Waals surface area (Å²) in [5, 5.41) is 3.64. The van der Waals surface area contributed by atoms with E-state index in [1.165, 1.54) is 6.33 Å². The Balaban J connectivity index is 2.21. The number of anilines is 2. The lowest BCUT2D eigenvalue weighted by molar-refractivity contribution is 0.457. The van der Waals surface area contributed by atoms with E-state index in [1.807, 2.05) is 0 Å². The summed E-state index contributed by atoms with van der Waals surface area (Å²) >= 11 is 5.84. The van der Waals surface area contributed by atoms with E-state index in [1.54, 1.807) is 0 Å². The fourth-order valence-corrected chi connectivity index (χ4v) is 2.32. The summed E-state index contributed by atoms with van der Waals surface area (Å²) in [4.78, 5) is 7.95. The SMILES string of the molecule is CC1(C)C(Nc2ncnc(Cl)c2N)C1(C)C. The first-order valence-corrected chi connectivity index (χ1v) is 5.69. The normalized spacial score (nSPS) is 21.8. The average Bonchev–Trinajstić information content (AvgIpc) is 2.55. The molecular weight excluding hydrogens is 224 g/mol. The van der Waals surface area contributed by atoms with E-state index in [0.29, 0.717) is 22.7 Å². The van der Waals surface area contributed by atoms with Gasteiger partial charge in [-0.1, -0.05) is 39.3 Å². The molecule has 0 spiro atoms. The number of hydrogen-bond acceptors (Lipinski definition) is 4. The van der Waals surface area contributed by atoms with Gasteiger partial charge in [-0.2, -0.15) is 0 Å². The number of halogens is 1. The molecule has 3 N–H and O–H groups in total. The van der Waals surface area contributed by atoms with Crippen LogP contribution in [-0.2, 0) is 0 Å². The molecule has 4 nitrogen and oxygen atoms in total. The van der Waals surface area contributed by atoms with Crippen molar-refractivity contribution in [3.8, 4) is 0 Å². The number of nitrogen functional groups attached to an aromatic ring is 1. The average molecular weight is 241 g/mol. The van der Waals surface area contributed by atoms with E-state index in [9.17, 15) is 0 Å². The Morgan fingerprint density at radius 2 is 1.81 bits per heavy atom. The van der Waals surface area contributed by atoms with Crippen molar-refractivity contribution >= 4 is 23.1 Å². The molecule has 88 valence electrons. The standard InChI is InChI=1S/C11H17ClN4/c1-10(2)9(11(10,3)4)16-8-6(13)7(12)14-5-15-8/h5,9H,13H2,1-4H3,(H,14,15,16).